The number of allylic oxidation sites excluding steroid dienone is 2. The second-order valence-corrected chi connectivity index (χ2v) is 8.76. The Labute approximate surface area is 179 Å². The number of anilines is 1. The molecule has 1 N–H and O–H groups in total. The summed E-state index contributed by atoms with van der Waals surface area (Å²) in [5.41, 5.74) is 5.11. The zero-order chi connectivity index (χ0) is 18.9. The lowest BCUT2D eigenvalue weighted by atomic mass is 9.77. The number of fused-ring (bicyclic) bond motifs is 3. The molecule has 0 saturated heterocycles. The van der Waals surface area contributed by atoms with E-state index in [1.165, 1.54) is 25.9 Å². The monoisotopic (exact) mass is 479 g/mol. The van der Waals surface area contributed by atoms with Crippen LogP contribution >= 0.6 is 22.6 Å². The number of hydrogen-bond donors (Lipinski definition) is 1. The molecule has 1 aliphatic heterocycles. The largest absolute Gasteiger partial charge is 0.489 e. The van der Waals surface area contributed by atoms with Gasteiger partial charge in [-0.05, 0) is 70.3 Å². The van der Waals surface area contributed by atoms with Crippen molar-refractivity contribution in [3.8, 4) is 5.75 Å². The van der Waals surface area contributed by atoms with Crippen molar-refractivity contribution in [2.75, 3.05) is 5.32 Å². The van der Waals surface area contributed by atoms with Crippen LogP contribution in [0.1, 0.15) is 35.1 Å². The van der Waals surface area contributed by atoms with E-state index in [9.17, 15) is 0 Å². The molecule has 2 nitrogen and oxygen atoms in total. The molecule has 0 fully saturated rings. The number of nitrogens with one attached hydrogen (secondary N) is 1. The average Bonchev–Trinajstić information content (AvgIpc) is 3.23. The molecule has 5 rings (SSSR count). The van der Waals surface area contributed by atoms with Gasteiger partial charge in [0.15, 0.2) is 0 Å². The normalized spacial score (nSPS) is 22.2. The lowest BCUT2D eigenvalue weighted by molar-refractivity contribution is 0.296. The van der Waals surface area contributed by atoms with Gasteiger partial charge in [-0.25, -0.2) is 0 Å². The molecular formula is C25H22INO. The van der Waals surface area contributed by atoms with Gasteiger partial charge in [0.25, 0.3) is 0 Å². The van der Waals surface area contributed by atoms with Gasteiger partial charge in [0.1, 0.15) is 12.4 Å². The average molecular weight is 479 g/mol. The van der Waals surface area contributed by atoms with Crippen LogP contribution in [-0.4, -0.2) is 0 Å². The summed E-state index contributed by atoms with van der Waals surface area (Å²) in [6.45, 7) is 0.589. The highest BCUT2D eigenvalue weighted by molar-refractivity contribution is 14.1. The SMILES string of the molecule is Ic1ccc2c(c1)C1C=CCC1C(c1ccccc1OCc1ccccc1)N2. The van der Waals surface area contributed by atoms with E-state index in [0.717, 1.165) is 12.2 Å². The van der Waals surface area contributed by atoms with E-state index in [0.29, 0.717) is 18.4 Å². The van der Waals surface area contributed by atoms with Gasteiger partial charge in [-0.2, -0.15) is 0 Å². The van der Waals surface area contributed by atoms with E-state index in [-0.39, 0.29) is 6.04 Å². The molecular weight excluding hydrogens is 457 g/mol. The minimum Gasteiger partial charge on any atom is -0.489 e. The molecule has 0 amide bonds. The third-order valence-corrected chi connectivity index (χ3v) is 6.49. The molecule has 3 aromatic rings. The Morgan fingerprint density at radius 2 is 1.75 bits per heavy atom. The minimum absolute atomic E-state index is 0.250. The van der Waals surface area contributed by atoms with Crippen LogP contribution in [0, 0.1) is 9.49 Å². The molecule has 0 saturated carbocycles. The first-order valence-electron chi connectivity index (χ1n) is 9.78. The lowest BCUT2D eigenvalue weighted by Gasteiger charge is -2.38. The predicted molar refractivity (Wildman–Crippen MR) is 123 cm³/mol. The van der Waals surface area contributed by atoms with E-state index in [1.54, 1.807) is 0 Å². The standard InChI is InChI=1S/C25H22INO/c26-18-13-14-23-22(15-18)19-10-6-11-20(19)25(27-23)21-9-4-5-12-24(21)28-16-17-7-2-1-3-8-17/h1-10,12-15,19-20,25,27H,11,16H2. The first kappa shape index (κ1) is 17.8. The van der Waals surface area contributed by atoms with Crippen LogP contribution in [0.4, 0.5) is 5.69 Å². The van der Waals surface area contributed by atoms with E-state index in [2.05, 4.69) is 107 Å². The summed E-state index contributed by atoms with van der Waals surface area (Å²) in [6.07, 6.45) is 5.83. The summed E-state index contributed by atoms with van der Waals surface area (Å²) in [4.78, 5) is 0. The Morgan fingerprint density at radius 3 is 2.64 bits per heavy atom. The summed E-state index contributed by atoms with van der Waals surface area (Å²) < 4.78 is 7.56. The van der Waals surface area contributed by atoms with Gasteiger partial charge in [0.05, 0.1) is 6.04 Å². The van der Waals surface area contributed by atoms with Crippen LogP contribution in [0.2, 0.25) is 0 Å². The smallest absolute Gasteiger partial charge is 0.125 e. The van der Waals surface area contributed by atoms with Crippen molar-refractivity contribution >= 4 is 28.3 Å². The van der Waals surface area contributed by atoms with E-state index >= 15 is 0 Å². The summed E-state index contributed by atoms with van der Waals surface area (Å²) in [5, 5.41) is 3.83. The predicted octanol–water partition coefficient (Wildman–Crippen LogP) is 6.70. The molecule has 3 heteroatoms. The van der Waals surface area contributed by atoms with Crippen molar-refractivity contribution in [2.24, 2.45) is 5.92 Å². The summed E-state index contributed by atoms with van der Waals surface area (Å²) >= 11 is 2.41. The maximum absolute atomic E-state index is 6.27. The first-order chi connectivity index (χ1) is 13.8. The van der Waals surface area contributed by atoms with Gasteiger partial charge in [0, 0.05) is 20.7 Å². The maximum Gasteiger partial charge on any atom is 0.125 e. The van der Waals surface area contributed by atoms with Crippen molar-refractivity contribution in [3.63, 3.8) is 0 Å². The Kier molecular flexibility index (Phi) is 4.85. The number of hydrogen-bond acceptors (Lipinski definition) is 2. The molecule has 0 aromatic heterocycles. The molecule has 28 heavy (non-hydrogen) atoms. The summed E-state index contributed by atoms with van der Waals surface area (Å²) in [5.74, 6) is 1.97. The van der Waals surface area contributed by atoms with Gasteiger partial charge in [0.2, 0.25) is 0 Å². The first-order valence-corrected chi connectivity index (χ1v) is 10.9. The summed E-state index contributed by atoms with van der Waals surface area (Å²) in [6, 6.07) is 25.8. The van der Waals surface area contributed by atoms with Crippen molar-refractivity contribution < 1.29 is 4.74 Å². The van der Waals surface area contributed by atoms with Gasteiger partial charge in [-0.3, -0.25) is 0 Å². The molecule has 0 radical (unpaired) electrons. The van der Waals surface area contributed by atoms with Gasteiger partial charge < -0.3 is 10.1 Å². The molecule has 2 aliphatic rings. The summed E-state index contributed by atoms with van der Waals surface area (Å²) in [7, 11) is 0. The third-order valence-electron chi connectivity index (χ3n) is 5.82. The van der Waals surface area contributed by atoms with Crippen LogP contribution in [0.5, 0.6) is 5.75 Å². The molecule has 3 aromatic carbocycles. The fourth-order valence-electron chi connectivity index (χ4n) is 4.48. The van der Waals surface area contributed by atoms with Crippen molar-refractivity contribution in [1.29, 1.82) is 0 Å². The molecule has 1 aliphatic carbocycles. The van der Waals surface area contributed by atoms with Crippen molar-refractivity contribution in [3.05, 3.63) is 105 Å². The molecule has 0 spiro atoms. The molecule has 3 atom stereocenters. The number of para-hydroxylation sites is 1. The van der Waals surface area contributed by atoms with Gasteiger partial charge in [-0.1, -0.05) is 60.7 Å². The zero-order valence-electron chi connectivity index (χ0n) is 15.5. The lowest BCUT2D eigenvalue weighted by Crippen LogP contribution is -2.29. The Hall–Kier alpha value is -2.27. The quantitative estimate of drug-likeness (QED) is 0.332. The number of benzene rings is 3. The van der Waals surface area contributed by atoms with Gasteiger partial charge in [-0.15, -0.1) is 0 Å². The van der Waals surface area contributed by atoms with Crippen LogP contribution in [0.15, 0.2) is 84.9 Å². The van der Waals surface area contributed by atoms with Crippen LogP contribution < -0.4 is 10.1 Å². The van der Waals surface area contributed by atoms with Crippen LogP contribution in [0.25, 0.3) is 0 Å². The molecule has 3 unspecified atom stereocenters. The van der Waals surface area contributed by atoms with Crippen molar-refractivity contribution in [2.45, 2.75) is 25.0 Å². The minimum atomic E-state index is 0.250. The highest BCUT2D eigenvalue weighted by Crippen LogP contribution is 2.51. The van der Waals surface area contributed by atoms with Gasteiger partial charge >= 0.3 is 0 Å². The molecule has 140 valence electrons. The second kappa shape index (κ2) is 7.63. The molecule has 0 bridgehead atoms. The highest BCUT2D eigenvalue weighted by atomic mass is 127. The fraction of sp³-hybridized carbons (Fsp3) is 0.200. The third kappa shape index (κ3) is 3.32. The Morgan fingerprint density at radius 1 is 0.929 bits per heavy atom. The zero-order valence-corrected chi connectivity index (χ0v) is 17.7. The fourth-order valence-corrected chi connectivity index (χ4v) is 4.99. The highest BCUT2D eigenvalue weighted by Gasteiger charge is 2.38. The number of halogens is 1. The van der Waals surface area contributed by atoms with E-state index in [4.69, 9.17) is 4.74 Å². The van der Waals surface area contributed by atoms with Crippen LogP contribution in [-0.2, 0) is 6.61 Å². The van der Waals surface area contributed by atoms with E-state index < -0.39 is 0 Å². The van der Waals surface area contributed by atoms with Crippen LogP contribution in [0.3, 0.4) is 0 Å². The Bertz CT molecular complexity index is 1010. The Balaban J connectivity index is 1.47. The topological polar surface area (TPSA) is 21.3 Å². The second-order valence-electron chi connectivity index (χ2n) is 7.52. The van der Waals surface area contributed by atoms with E-state index in [1.807, 2.05) is 6.07 Å². The maximum atomic E-state index is 6.27. The molecule has 1 heterocycles. The number of ether oxygens (including phenoxy) is 1. The van der Waals surface area contributed by atoms with Crippen molar-refractivity contribution in [1.82, 2.24) is 0 Å². The number of rotatable bonds is 4.